The largest absolute Gasteiger partial charge is 0.506 e. The number of carbonyl (C=O) groups is 1. The zero-order valence-electron chi connectivity index (χ0n) is 20.9. The minimum absolute atomic E-state index is 0.0323. The van der Waals surface area contributed by atoms with E-state index in [1.165, 1.54) is 11.3 Å². The molecule has 0 bridgehead atoms. The van der Waals surface area contributed by atoms with Gasteiger partial charge in [-0.15, -0.1) is 21.5 Å². The minimum Gasteiger partial charge on any atom is -0.506 e. The van der Waals surface area contributed by atoms with Crippen LogP contribution in [-0.4, -0.2) is 31.1 Å². The summed E-state index contributed by atoms with van der Waals surface area (Å²) in [6.07, 6.45) is 3.07. The smallest absolute Gasteiger partial charge is 0.264 e. The lowest BCUT2D eigenvalue weighted by atomic mass is 9.94. The highest BCUT2D eigenvalue weighted by molar-refractivity contribution is 7.09. The Hall–Kier alpha value is -3.59. The molecular weight excluding hydrogens is 476 g/mol. The van der Waals surface area contributed by atoms with Crippen LogP contribution in [0.3, 0.4) is 0 Å². The fourth-order valence-electron chi connectivity index (χ4n) is 4.10. The molecule has 0 fully saturated rings. The molecule has 2 N–H and O–H groups in total. The van der Waals surface area contributed by atoms with Crippen molar-refractivity contribution in [1.29, 1.82) is 0 Å². The van der Waals surface area contributed by atoms with Crippen LogP contribution in [0.2, 0.25) is 0 Å². The van der Waals surface area contributed by atoms with Crippen LogP contribution in [0.5, 0.6) is 5.75 Å². The zero-order chi connectivity index (χ0) is 25.8. The van der Waals surface area contributed by atoms with E-state index in [2.05, 4.69) is 27.1 Å². The van der Waals surface area contributed by atoms with Gasteiger partial charge in [0.2, 0.25) is 5.89 Å². The number of H-pyrrole nitrogens is 1. The third kappa shape index (κ3) is 5.62. The average Bonchev–Trinajstić information content (AvgIpc) is 3.46. The van der Waals surface area contributed by atoms with E-state index in [1.54, 1.807) is 18.2 Å². The summed E-state index contributed by atoms with van der Waals surface area (Å²) in [5.41, 5.74) is 2.48. The monoisotopic (exact) mass is 506 g/mol. The van der Waals surface area contributed by atoms with Gasteiger partial charge in [-0.3, -0.25) is 9.59 Å². The highest BCUT2D eigenvalue weighted by atomic mass is 32.1. The maximum atomic E-state index is 13.1. The van der Waals surface area contributed by atoms with Gasteiger partial charge in [0.15, 0.2) is 5.78 Å². The van der Waals surface area contributed by atoms with E-state index in [0.29, 0.717) is 47.5 Å². The molecule has 1 aromatic carbocycles. The molecule has 4 rings (SSSR count). The van der Waals surface area contributed by atoms with Gasteiger partial charge in [0.05, 0.1) is 17.1 Å². The summed E-state index contributed by atoms with van der Waals surface area (Å²) in [6, 6.07) is 7.15. The number of aromatic hydroxyl groups is 1. The summed E-state index contributed by atoms with van der Waals surface area (Å²) >= 11 is 1.53. The van der Waals surface area contributed by atoms with E-state index in [-0.39, 0.29) is 28.9 Å². The summed E-state index contributed by atoms with van der Waals surface area (Å²) in [6.45, 7) is 7.97. The summed E-state index contributed by atoms with van der Waals surface area (Å²) in [5, 5.41) is 22.3. The van der Waals surface area contributed by atoms with Crippen molar-refractivity contribution < 1.29 is 14.3 Å². The van der Waals surface area contributed by atoms with Gasteiger partial charge < -0.3 is 14.5 Å². The molecule has 0 amide bonds. The lowest BCUT2D eigenvalue weighted by molar-refractivity contribution is 0.0968. The van der Waals surface area contributed by atoms with Crippen LogP contribution in [0.15, 0.2) is 38.9 Å². The number of unbranched alkanes of at least 4 members (excludes halogenated alkanes) is 1. The van der Waals surface area contributed by atoms with Crippen molar-refractivity contribution in [3.05, 3.63) is 67.8 Å². The molecule has 0 saturated heterocycles. The van der Waals surface area contributed by atoms with E-state index >= 15 is 0 Å². The Morgan fingerprint density at radius 2 is 2.03 bits per heavy atom. The molecule has 0 aliphatic carbocycles. The van der Waals surface area contributed by atoms with Crippen LogP contribution in [-0.2, 0) is 12.8 Å². The molecule has 0 aliphatic heterocycles. The Balaban J connectivity index is 1.79. The van der Waals surface area contributed by atoms with Gasteiger partial charge in [-0.25, -0.2) is 4.98 Å². The summed E-state index contributed by atoms with van der Waals surface area (Å²) in [4.78, 5) is 33.1. The molecule has 36 heavy (non-hydrogen) atoms. The fraction of sp³-hybridized carbons (Fsp3) is 0.370. The molecular formula is C27H30N4O4S. The first-order valence-electron chi connectivity index (χ1n) is 12.1. The Kier molecular flexibility index (Phi) is 7.79. The van der Waals surface area contributed by atoms with Gasteiger partial charge in [0.1, 0.15) is 11.3 Å². The maximum absolute atomic E-state index is 13.1. The Bertz CT molecular complexity index is 1430. The summed E-state index contributed by atoms with van der Waals surface area (Å²) in [7, 11) is 0. The van der Waals surface area contributed by atoms with Crippen molar-refractivity contribution in [2.75, 3.05) is 0 Å². The van der Waals surface area contributed by atoms with E-state index < -0.39 is 5.56 Å². The predicted molar refractivity (Wildman–Crippen MR) is 140 cm³/mol. The number of thiazole rings is 1. The van der Waals surface area contributed by atoms with Crippen molar-refractivity contribution in [3.8, 4) is 28.3 Å². The Labute approximate surface area is 213 Å². The number of carbonyl (C=O) groups excluding carboxylic acids is 1. The second-order valence-corrected chi connectivity index (χ2v) is 10.3. The minimum atomic E-state index is -0.505. The number of ketones is 1. The third-order valence-corrected chi connectivity index (χ3v) is 6.62. The van der Waals surface area contributed by atoms with E-state index in [1.807, 2.05) is 32.2 Å². The Morgan fingerprint density at radius 3 is 2.72 bits per heavy atom. The topological polar surface area (TPSA) is 122 Å². The van der Waals surface area contributed by atoms with Crippen molar-refractivity contribution in [1.82, 2.24) is 20.2 Å². The number of nitrogens with one attached hydrogen (secondary N) is 1. The van der Waals surface area contributed by atoms with E-state index in [0.717, 1.165) is 23.5 Å². The quantitative estimate of drug-likeness (QED) is 0.264. The van der Waals surface area contributed by atoms with Crippen molar-refractivity contribution in [2.24, 2.45) is 5.92 Å². The first-order valence-corrected chi connectivity index (χ1v) is 13.0. The number of pyridine rings is 1. The first-order chi connectivity index (χ1) is 17.3. The molecule has 4 aromatic rings. The first kappa shape index (κ1) is 25.5. The number of rotatable bonds is 10. The van der Waals surface area contributed by atoms with Gasteiger partial charge in [-0.2, -0.15) is 0 Å². The standard InChI is InChI=1S/C27H30N4O4S/c1-5-6-10-20-23(18-9-7-8-17(12-18)21(32)11-15(2)3)25(33)24(26(34)29-20)27-31-30-22(35-27)13-19-14-36-16(4)28-19/h7-9,12,14-15H,5-6,10-11,13H2,1-4H3,(H2,29,33,34). The lowest BCUT2D eigenvalue weighted by Crippen LogP contribution is -2.14. The summed E-state index contributed by atoms with van der Waals surface area (Å²) < 4.78 is 5.77. The van der Waals surface area contributed by atoms with Crippen LogP contribution in [0.4, 0.5) is 0 Å². The highest BCUT2D eigenvalue weighted by Gasteiger charge is 2.24. The van der Waals surface area contributed by atoms with Crippen LogP contribution in [0.1, 0.15) is 72.7 Å². The van der Waals surface area contributed by atoms with Gasteiger partial charge in [-0.1, -0.05) is 45.4 Å². The average molecular weight is 507 g/mol. The molecule has 0 saturated carbocycles. The molecule has 3 heterocycles. The van der Waals surface area contributed by atoms with E-state index in [9.17, 15) is 14.7 Å². The molecule has 0 radical (unpaired) electrons. The SMILES string of the molecule is CCCCc1[nH]c(=O)c(-c2nnc(Cc3csc(C)n3)o2)c(O)c1-c1cccc(C(=O)CC(C)C)c1. The lowest BCUT2D eigenvalue weighted by Gasteiger charge is -2.14. The molecule has 0 atom stereocenters. The number of aromatic amines is 1. The number of aryl methyl sites for hydroxylation is 2. The second-order valence-electron chi connectivity index (χ2n) is 9.27. The third-order valence-electron chi connectivity index (χ3n) is 5.79. The fourth-order valence-corrected chi connectivity index (χ4v) is 4.71. The molecule has 8 nitrogen and oxygen atoms in total. The molecule has 188 valence electrons. The molecule has 0 unspecified atom stereocenters. The summed E-state index contributed by atoms with van der Waals surface area (Å²) in [5.74, 6) is 0.259. The number of Topliss-reactive ketones (excluding diaryl/α,β-unsaturated/α-hetero) is 1. The maximum Gasteiger partial charge on any atom is 0.264 e. The van der Waals surface area contributed by atoms with Crippen LogP contribution in [0.25, 0.3) is 22.6 Å². The Morgan fingerprint density at radius 1 is 1.22 bits per heavy atom. The van der Waals surface area contributed by atoms with Crippen molar-refractivity contribution in [2.45, 2.75) is 59.8 Å². The van der Waals surface area contributed by atoms with E-state index in [4.69, 9.17) is 4.42 Å². The second kappa shape index (κ2) is 11.0. The number of hydrogen-bond acceptors (Lipinski definition) is 8. The van der Waals surface area contributed by atoms with Crippen molar-refractivity contribution in [3.63, 3.8) is 0 Å². The molecule has 3 aromatic heterocycles. The molecule has 0 aliphatic rings. The molecule has 0 spiro atoms. The van der Waals surface area contributed by atoms with Gasteiger partial charge in [-0.05, 0) is 37.3 Å². The predicted octanol–water partition coefficient (Wildman–Crippen LogP) is 5.72. The molecule has 9 heteroatoms. The number of benzene rings is 1. The van der Waals surface area contributed by atoms with Crippen LogP contribution >= 0.6 is 11.3 Å². The zero-order valence-corrected chi connectivity index (χ0v) is 21.7. The van der Waals surface area contributed by atoms with Gasteiger partial charge in [0, 0.05) is 28.6 Å². The number of hydrogen-bond donors (Lipinski definition) is 2. The normalized spacial score (nSPS) is 11.4. The van der Waals surface area contributed by atoms with Gasteiger partial charge >= 0.3 is 0 Å². The van der Waals surface area contributed by atoms with Crippen LogP contribution in [0, 0.1) is 12.8 Å². The van der Waals surface area contributed by atoms with Gasteiger partial charge in [0.25, 0.3) is 11.4 Å². The number of aromatic nitrogens is 4. The number of nitrogens with zero attached hydrogens (tertiary/aromatic N) is 3. The van der Waals surface area contributed by atoms with Crippen LogP contribution < -0.4 is 5.56 Å². The highest BCUT2D eigenvalue weighted by Crippen LogP contribution is 2.38. The van der Waals surface area contributed by atoms with Crippen molar-refractivity contribution >= 4 is 17.1 Å².